The molecule has 4 heteroatoms. The molecule has 124 valence electrons. The monoisotopic (exact) mass is 306 g/mol. The number of amides is 1. The summed E-state index contributed by atoms with van der Waals surface area (Å²) in [6, 6.07) is 7.85. The number of hydrogen-bond donors (Lipinski definition) is 3. The third-order valence-corrected chi connectivity index (χ3v) is 4.57. The van der Waals surface area contributed by atoms with Gasteiger partial charge in [0.15, 0.2) is 0 Å². The lowest BCUT2D eigenvalue weighted by molar-refractivity contribution is -0.116. The molecule has 1 amide bonds. The maximum Gasteiger partial charge on any atom is 0.225 e. The van der Waals surface area contributed by atoms with E-state index in [-0.39, 0.29) is 24.0 Å². The molecule has 1 atom stereocenters. The number of benzene rings is 1. The maximum atomic E-state index is 12.1. The Morgan fingerprint density at radius 2 is 1.91 bits per heavy atom. The molecule has 1 unspecified atom stereocenters. The molecule has 1 aromatic carbocycles. The molecular formula is C18H30N2O2. The fraction of sp³-hybridized carbons (Fsp3) is 0.611. The first-order chi connectivity index (χ1) is 10.5. The number of aryl methyl sites for hydroxylation is 1. The van der Waals surface area contributed by atoms with E-state index in [2.05, 4.69) is 24.5 Å². The molecule has 0 aromatic heterocycles. The molecule has 0 heterocycles. The highest BCUT2D eigenvalue weighted by molar-refractivity contribution is 5.91. The molecule has 0 saturated carbocycles. The molecule has 0 saturated heterocycles. The highest BCUT2D eigenvalue weighted by Crippen LogP contribution is 2.24. The van der Waals surface area contributed by atoms with Crippen LogP contribution in [0.25, 0.3) is 0 Å². The predicted molar refractivity (Wildman–Crippen MR) is 92.0 cm³/mol. The summed E-state index contributed by atoms with van der Waals surface area (Å²) in [5.74, 6) is 0.0110. The van der Waals surface area contributed by atoms with E-state index in [1.807, 2.05) is 38.1 Å². The largest absolute Gasteiger partial charge is 0.396 e. The average Bonchev–Trinajstić information content (AvgIpc) is 2.51. The van der Waals surface area contributed by atoms with E-state index in [4.69, 9.17) is 0 Å². The number of hydrogen-bond acceptors (Lipinski definition) is 3. The number of carbonyl (C=O) groups excluding carboxylic acids is 1. The summed E-state index contributed by atoms with van der Waals surface area (Å²) in [6.45, 7) is 9.08. The van der Waals surface area contributed by atoms with Gasteiger partial charge in [-0.3, -0.25) is 4.79 Å². The third-order valence-electron chi connectivity index (χ3n) is 4.57. The van der Waals surface area contributed by atoms with E-state index in [1.165, 1.54) is 0 Å². The predicted octanol–water partition coefficient (Wildman–Crippen LogP) is 3.10. The minimum Gasteiger partial charge on any atom is -0.396 e. The second-order valence-electron chi connectivity index (χ2n) is 6.21. The van der Waals surface area contributed by atoms with Crippen molar-refractivity contribution in [1.29, 1.82) is 0 Å². The third kappa shape index (κ3) is 5.43. The molecule has 0 aliphatic heterocycles. The summed E-state index contributed by atoms with van der Waals surface area (Å²) in [4.78, 5) is 12.1. The van der Waals surface area contributed by atoms with Crippen LogP contribution < -0.4 is 10.6 Å². The Hall–Kier alpha value is -1.39. The highest BCUT2D eigenvalue weighted by Gasteiger charge is 2.25. The van der Waals surface area contributed by atoms with E-state index in [0.29, 0.717) is 6.42 Å². The normalized spacial score (nSPS) is 13.0. The highest BCUT2D eigenvalue weighted by atomic mass is 16.3. The zero-order valence-electron chi connectivity index (χ0n) is 14.3. The first-order valence-corrected chi connectivity index (χ1v) is 8.16. The van der Waals surface area contributed by atoms with Gasteiger partial charge in [0.2, 0.25) is 5.91 Å². The molecule has 0 spiro atoms. The van der Waals surface area contributed by atoms with Crippen LogP contribution in [0.15, 0.2) is 24.3 Å². The van der Waals surface area contributed by atoms with Gasteiger partial charge in [0.1, 0.15) is 0 Å². The van der Waals surface area contributed by atoms with E-state index in [9.17, 15) is 9.90 Å². The molecule has 0 radical (unpaired) electrons. The van der Waals surface area contributed by atoms with Gasteiger partial charge >= 0.3 is 0 Å². The summed E-state index contributed by atoms with van der Waals surface area (Å²) in [5, 5.41) is 15.9. The number of aliphatic hydroxyl groups is 1. The van der Waals surface area contributed by atoms with E-state index < -0.39 is 0 Å². The molecule has 1 aromatic rings. The van der Waals surface area contributed by atoms with E-state index in [1.54, 1.807) is 0 Å². The van der Waals surface area contributed by atoms with Gasteiger partial charge in [-0.05, 0) is 38.3 Å². The lowest BCUT2D eigenvalue weighted by Crippen LogP contribution is -2.41. The second kappa shape index (κ2) is 8.91. The van der Waals surface area contributed by atoms with Crippen LogP contribution in [0.3, 0.4) is 0 Å². The Kier molecular flexibility index (Phi) is 7.56. The lowest BCUT2D eigenvalue weighted by atomic mass is 9.83. The van der Waals surface area contributed by atoms with Crippen LogP contribution in [0.2, 0.25) is 0 Å². The van der Waals surface area contributed by atoms with Crippen molar-refractivity contribution in [3.05, 3.63) is 29.8 Å². The molecule has 0 fully saturated rings. The fourth-order valence-corrected chi connectivity index (χ4v) is 2.43. The summed E-state index contributed by atoms with van der Waals surface area (Å²) in [7, 11) is 0. The molecule has 4 nitrogen and oxygen atoms in total. The molecule has 1 rings (SSSR count). The van der Waals surface area contributed by atoms with Crippen molar-refractivity contribution in [2.45, 2.75) is 53.0 Å². The van der Waals surface area contributed by atoms with Crippen molar-refractivity contribution in [2.24, 2.45) is 5.41 Å². The number of aliphatic hydroxyl groups excluding tert-OH is 1. The fourth-order valence-electron chi connectivity index (χ4n) is 2.43. The van der Waals surface area contributed by atoms with Crippen molar-refractivity contribution >= 4 is 11.6 Å². The molecule has 3 N–H and O–H groups in total. The van der Waals surface area contributed by atoms with Crippen LogP contribution in [0, 0.1) is 12.3 Å². The zero-order chi connectivity index (χ0) is 16.6. The topological polar surface area (TPSA) is 61.4 Å². The second-order valence-corrected chi connectivity index (χ2v) is 6.21. The Balaban J connectivity index is 2.46. The van der Waals surface area contributed by atoms with Crippen molar-refractivity contribution in [1.82, 2.24) is 5.32 Å². The Morgan fingerprint density at radius 3 is 2.45 bits per heavy atom. The summed E-state index contributed by atoms with van der Waals surface area (Å²) in [6.07, 6.45) is 2.27. The van der Waals surface area contributed by atoms with Crippen LogP contribution >= 0.6 is 0 Å². The van der Waals surface area contributed by atoms with Crippen LogP contribution in [-0.2, 0) is 4.79 Å². The Labute approximate surface area is 134 Å². The van der Waals surface area contributed by atoms with Crippen LogP contribution in [-0.4, -0.2) is 30.2 Å². The van der Waals surface area contributed by atoms with Gasteiger partial charge < -0.3 is 15.7 Å². The van der Waals surface area contributed by atoms with Crippen molar-refractivity contribution in [2.75, 3.05) is 18.5 Å². The first kappa shape index (κ1) is 18.7. The summed E-state index contributed by atoms with van der Waals surface area (Å²) in [5.41, 5.74) is 1.85. The van der Waals surface area contributed by atoms with Gasteiger partial charge in [0, 0.05) is 36.7 Å². The number of para-hydroxylation sites is 1. The van der Waals surface area contributed by atoms with Gasteiger partial charge in [-0.2, -0.15) is 0 Å². The zero-order valence-corrected chi connectivity index (χ0v) is 14.3. The molecule has 0 aliphatic rings. The minimum absolute atomic E-state index is 0.0110. The standard InChI is InChI=1S/C18H30N2O2/c1-5-18(6-2,13-21)12-19-15(4)11-17(22)20-16-10-8-7-9-14(16)3/h7-10,15,19,21H,5-6,11-13H2,1-4H3,(H,20,22). The molecule has 0 aliphatic carbocycles. The van der Waals surface area contributed by atoms with Gasteiger partial charge in [0.05, 0.1) is 0 Å². The van der Waals surface area contributed by atoms with Gasteiger partial charge in [-0.25, -0.2) is 0 Å². The quantitative estimate of drug-likeness (QED) is 0.657. The van der Waals surface area contributed by atoms with Crippen molar-refractivity contribution in [3.8, 4) is 0 Å². The van der Waals surface area contributed by atoms with Crippen molar-refractivity contribution < 1.29 is 9.90 Å². The van der Waals surface area contributed by atoms with Crippen LogP contribution in [0.5, 0.6) is 0 Å². The van der Waals surface area contributed by atoms with Crippen LogP contribution in [0.1, 0.15) is 45.6 Å². The number of nitrogens with one attached hydrogen (secondary N) is 2. The maximum absolute atomic E-state index is 12.1. The average molecular weight is 306 g/mol. The number of carbonyl (C=O) groups is 1. The van der Waals surface area contributed by atoms with Gasteiger partial charge in [-0.15, -0.1) is 0 Å². The Bertz CT molecular complexity index is 462. The summed E-state index contributed by atoms with van der Waals surface area (Å²) < 4.78 is 0. The van der Waals surface area contributed by atoms with Crippen molar-refractivity contribution in [3.63, 3.8) is 0 Å². The lowest BCUT2D eigenvalue weighted by Gasteiger charge is -2.31. The minimum atomic E-state index is -0.0826. The Morgan fingerprint density at radius 1 is 1.27 bits per heavy atom. The SMILES string of the molecule is CCC(CC)(CO)CNC(C)CC(=O)Nc1ccccc1C. The first-order valence-electron chi connectivity index (χ1n) is 8.16. The molecular weight excluding hydrogens is 276 g/mol. The molecule has 22 heavy (non-hydrogen) atoms. The summed E-state index contributed by atoms with van der Waals surface area (Å²) >= 11 is 0. The van der Waals surface area contributed by atoms with Gasteiger partial charge in [0.25, 0.3) is 0 Å². The number of anilines is 1. The molecule has 0 bridgehead atoms. The van der Waals surface area contributed by atoms with E-state index in [0.717, 1.165) is 30.6 Å². The van der Waals surface area contributed by atoms with Crippen LogP contribution in [0.4, 0.5) is 5.69 Å². The number of rotatable bonds is 9. The smallest absolute Gasteiger partial charge is 0.225 e. The van der Waals surface area contributed by atoms with E-state index >= 15 is 0 Å². The van der Waals surface area contributed by atoms with Gasteiger partial charge in [-0.1, -0.05) is 32.0 Å².